The number of thiocarbonyl (C=S) groups is 1. The number of rotatable bonds is 8. The normalized spacial score (nSPS) is 10.5. The van der Waals surface area contributed by atoms with Gasteiger partial charge in [0.05, 0.1) is 19.7 Å². The predicted molar refractivity (Wildman–Crippen MR) is 133 cm³/mol. The number of aryl methyl sites for hydroxylation is 1. The lowest BCUT2D eigenvalue weighted by atomic mass is 10.1. The third-order valence-corrected chi connectivity index (χ3v) is 5.48. The van der Waals surface area contributed by atoms with Crippen molar-refractivity contribution in [3.63, 3.8) is 0 Å². The topological polar surface area (TPSA) is 81.7 Å². The first-order chi connectivity index (χ1) is 15.4. The van der Waals surface area contributed by atoms with Crippen LogP contribution < -0.4 is 24.8 Å². The minimum absolute atomic E-state index is 0.105. The number of carbonyl (C=O) groups is 1. The van der Waals surface area contributed by atoms with Gasteiger partial charge < -0.3 is 24.8 Å². The van der Waals surface area contributed by atoms with E-state index in [4.69, 9.17) is 26.4 Å². The molecule has 0 atom stereocenters. The summed E-state index contributed by atoms with van der Waals surface area (Å²) in [6, 6.07) is 11.0. The highest BCUT2D eigenvalue weighted by Gasteiger charge is 2.12. The van der Waals surface area contributed by atoms with Crippen molar-refractivity contribution in [1.29, 1.82) is 0 Å². The van der Waals surface area contributed by atoms with Crippen molar-refractivity contribution >= 4 is 51.6 Å². The zero-order valence-electron chi connectivity index (χ0n) is 18.4. The van der Waals surface area contributed by atoms with Crippen molar-refractivity contribution in [3.05, 3.63) is 48.2 Å². The van der Waals surface area contributed by atoms with Crippen molar-refractivity contribution in [2.75, 3.05) is 31.5 Å². The Hall–Kier alpha value is -3.04. The molecule has 0 saturated heterocycles. The Bertz CT molecular complexity index is 1140. The lowest BCUT2D eigenvalue weighted by molar-refractivity contribution is -0.119. The molecule has 0 fully saturated rings. The van der Waals surface area contributed by atoms with Crippen LogP contribution in [0.25, 0.3) is 10.9 Å². The number of aromatic nitrogens is 1. The van der Waals surface area contributed by atoms with E-state index in [-0.39, 0.29) is 11.0 Å². The first kappa shape index (κ1) is 23.6. The average Bonchev–Trinajstić information content (AvgIpc) is 2.78. The summed E-state index contributed by atoms with van der Waals surface area (Å²) in [5, 5.41) is 6.83. The maximum absolute atomic E-state index is 11.8. The van der Waals surface area contributed by atoms with Gasteiger partial charge in [0, 0.05) is 35.5 Å². The van der Waals surface area contributed by atoms with E-state index in [9.17, 15) is 4.79 Å². The van der Waals surface area contributed by atoms with Crippen LogP contribution in [0.5, 0.6) is 23.0 Å². The van der Waals surface area contributed by atoms with Crippen LogP contribution in [0.15, 0.2) is 42.6 Å². The van der Waals surface area contributed by atoms with Crippen LogP contribution in [0.1, 0.15) is 12.0 Å². The maximum atomic E-state index is 11.8. The first-order valence-corrected chi connectivity index (χ1v) is 11.6. The van der Waals surface area contributed by atoms with Gasteiger partial charge >= 0.3 is 0 Å². The van der Waals surface area contributed by atoms with Crippen LogP contribution in [-0.4, -0.2) is 42.2 Å². The van der Waals surface area contributed by atoms with E-state index in [1.807, 2.05) is 43.5 Å². The van der Waals surface area contributed by atoms with Gasteiger partial charge in [-0.25, -0.2) is 0 Å². The number of fused-ring (bicyclic) bond motifs is 1. The fraction of sp³-hybridized carbons (Fsp3) is 0.261. The Morgan fingerprint density at radius 1 is 1.09 bits per heavy atom. The molecule has 0 radical (unpaired) electrons. The van der Waals surface area contributed by atoms with E-state index in [1.54, 1.807) is 38.2 Å². The van der Waals surface area contributed by atoms with Gasteiger partial charge in [0.15, 0.2) is 16.6 Å². The highest BCUT2D eigenvalue weighted by Crippen LogP contribution is 2.37. The molecule has 0 spiro atoms. The fourth-order valence-corrected chi connectivity index (χ4v) is 3.65. The van der Waals surface area contributed by atoms with E-state index in [1.165, 1.54) is 0 Å². The third-order valence-electron chi connectivity index (χ3n) is 4.67. The molecule has 0 bridgehead atoms. The molecule has 3 aromatic rings. The molecule has 0 saturated carbocycles. The van der Waals surface area contributed by atoms with Crippen molar-refractivity contribution in [3.8, 4) is 23.0 Å². The SMILES string of the molecule is COc1cc2nccc(Oc3ccc(NC(=S)NC(=O)CCSC)c(C)c3)c2cc1OC. The minimum atomic E-state index is -0.105. The molecule has 0 aliphatic heterocycles. The monoisotopic (exact) mass is 471 g/mol. The Morgan fingerprint density at radius 3 is 2.53 bits per heavy atom. The van der Waals surface area contributed by atoms with Gasteiger partial charge in [-0.05, 0) is 61.3 Å². The van der Waals surface area contributed by atoms with Crippen LogP contribution in [-0.2, 0) is 4.79 Å². The summed E-state index contributed by atoms with van der Waals surface area (Å²) in [6.45, 7) is 1.94. The number of carbonyl (C=O) groups excluding carboxylic acids is 1. The van der Waals surface area contributed by atoms with Crippen LogP contribution in [0.3, 0.4) is 0 Å². The molecular formula is C23H25N3O4S2. The van der Waals surface area contributed by atoms with Gasteiger partial charge in [0.1, 0.15) is 11.5 Å². The molecule has 168 valence electrons. The number of hydrogen-bond donors (Lipinski definition) is 2. The van der Waals surface area contributed by atoms with Crippen molar-refractivity contribution in [2.24, 2.45) is 0 Å². The zero-order chi connectivity index (χ0) is 23.1. The Kier molecular flexibility index (Phi) is 8.13. The zero-order valence-corrected chi connectivity index (χ0v) is 20.0. The molecule has 9 heteroatoms. The number of thioether (sulfide) groups is 1. The second-order valence-corrected chi connectivity index (χ2v) is 8.25. The van der Waals surface area contributed by atoms with E-state index in [0.717, 1.165) is 27.9 Å². The number of methoxy groups -OCH3 is 2. The molecule has 1 aromatic heterocycles. The molecular weight excluding hydrogens is 446 g/mol. The molecule has 2 N–H and O–H groups in total. The molecule has 1 heterocycles. The van der Waals surface area contributed by atoms with Crippen molar-refractivity contribution in [1.82, 2.24) is 10.3 Å². The lowest BCUT2D eigenvalue weighted by Gasteiger charge is -2.15. The summed E-state index contributed by atoms with van der Waals surface area (Å²) < 4.78 is 16.9. The molecule has 7 nitrogen and oxygen atoms in total. The summed E-state index contributed by atoms with van der Waals surface area (Å²) in [5.74, 6) is 3.15. The number of anilines is 1. The van der Waals surface area contributed by atoms with Crippen molar-refractivity contribution in [2.45, 2.75) is 13.3 Å². The second kappa shape index (κ2) is 11.0. The van der Waals surface area contributed by atoms with E-state index in [2.05, 4.69) is 15.6 Å². The smallest absolute Gasteiger partial charge is 0.226 e. The van der Waals surface area contributed by atoms with Crippen molar-refractivity contribution < 1.29 is 19.0 Å². The molecule has 32 heavy (non-hydrogen) atoms. The minimum Gasteiger partial charge on any atom is -0.493 e. The Morgan fingerprint density at radius 2 is 1.84 bits per heavy atom. The number of ether oxygens (including phenoxy) is 3. The van der Waals surface area contributed by atoms with Gasteiger partial charge in [-0.15, -0.1) is 0 Å². The number of nitrogens with zero attached hydrogens (tertiary/aromatic N) is 1. The van der Waals surface area contributed by atoms with Crippen LogP contribution >= 0.6 is 24.0 Å². The maximum Gasteiger partial charge on any atom is 0.226 e. The largest absolute Gasteiger partial charge is 0.493 e. The van der Waals surface area contributed by atoms with Crippen LogP contribution in [0.4, 0.5) is 5.69 Å². The lowest BCUT2D eigenvalue weighted by Crippen LogP contribution is -2.34. The fourth-order valence-electron chi connectivity index (χ4n) is 3.04. The number of nitrogens with one attached hydrogen (secondary N) is 2. The molecule has 3 rings (SSSR count). The summed E-state index contributed by atoms with van der Waals surface area (Å²) in [4.78, 5) is 16.2. The van der Waals surface area contributed by atoms with E-state index in [0.29, 0.717) is 29.4 Å². The Labute approximate surface area is 196 Å². The van der Waals surface area contributed by atoms with Gasteiger partial charge in [-0.3, -0.25) is 9.78 Å². The summed E-state index contributed by atoms with van der Waals surface area (Å²) in [7, 11) is 3.18. The van der Waals surface area contributed by atoms with Crippen LogP contribution in [0.2, 0.25) is 0 Å². The number of hydrogen-bond acceptors (Lipinski definition) is 7. The average molecular weight is 472 g/mol. The van der Waals surface area contributed by atoms with Gasteiger partial charge in [-0.1, -0.05) is 0 Å². The summed E-state index contributed by atoms with van der Waals surface area (Å²) >= 11 is 6.86. The van der Waals surface area contributed by atoms with Gasteiger partial charge in [0.2, 0.25) is 5.91 Å². The van der Waals surface area contributed by atoms with Gasteiger partial charge in [-0.2, -0.15) is 11.8 Å². The molecule has 2 aromatic carbocycles. The van der Waals surface area contributed by atoms with Crippen LogP contribution in [0, 0.1) is 6.92 Å². The van der Waals surface area contributed by atoms with E-state index >= 15 is 0 Å². The highest BCUT2D eigenvalue weighted by atomic mass is 32.2. The third kappa shape index (κ3) is 5.80. The molecule has 0 aliphatic rings. The number of amides is 1. The van der Waals surface area contributed by atoms with E-state index < -0.39 is 0 Å². The second-order valence-electron chi connectivity index (χ2n) is 6.86. The van der Waals surface area contributed by atoms with Gasteiger partial charge in [0.25, 0.3) is 0 Å². The summed E-state index contributed by atoms with van der Waals surface area (Å²) in [6.07, 6.45) is 4.06. The molecule has 1 amide bonds. The first-order valence-electron chi connectivity index (χ1n) is 9.84. The number of benzene rings is 2. The number of pyridine rings is 1. The highest BCUT2D eigenvalue weighted by molar-refractivity contribution is 7.98. The predicted octanol–water partition coefficient (Wildman–Crippen LogP) is 4.92. The standard InChI is InChI=1S/C23H25N3O4S2/c1-14-11-15(5-6-17(14)25-23(31)26-22(27)8-10-32-4)30-19-7-9-24-18-13-21(29-3)20(28-2)12-16(18)19/h5-7,9,11-13H,8,10H2,1-4H3,(H2,25,26,27,31). The molecule has 0 aliphatic carbocycles. The molecule has 0 unspecified atom stereocenters. The Balaban J connectivity index is 1.76. The summed E-state index contributed by atoms with van der Waals surface area (Å²) in [5.41, 5.74) is 2.44. The quantitative estimate of drug-likeness (QED) is 0.448.